The molecule has 0 heterocycles. The van der Waals surface area contributed by atoms with Gasteiger partial charge in [-0.2, -0.15) is 0 Å². The van der Waals surface area contributed by atoms with Crippen LogP contribution in [-0.2, 0) is 17.9 Å². The van der Waals surface area contributed by atoms with Crippen molar-refractivity contribution >= 4 is 5.91 Å². The largest absolute Gasteiger partial charge is 0.392 e. The van der Waals surface area contributed by atoms with Crippen LogP contribution in [-0.4, -0.2) is 23.6 Å². The van der Waals surface area contributed by atoms with Gasteiger partial charge >= 0.3 is 0 Å². The second kappa shape index (κ2) is 7.63. The van der Waals surface area contributed by atoms with E-state index in [0.717, 1.165) is 11.1 Å². The predicted molar refractivity (Wildman–Crippen MR) is 71.9 cm³/mol. The third-order valence-corrected chi connectivity index (χ3v) is 2.63. The zero-order valence-corrected chi connectivity index (χ0v) is 10.6. The van der Waals surface area contributed by atoms with Crippen LogP contribution in [0.2, 0.25) is 0 Å². The number of amides is 1. The van der Waals surface area contributed by atoms with Gasteiger partial charge in [-0.15, -0.1) is 6.58 Å². The molecule has 0 saturated carbocycles. The third kappa shape index (κ3) is 4.69. The number of carbonyl (C=O) groups is 1. The van der Waals surface area contributed by atoms with E-state index in [4.69, 9.17) is 5.11 Å². The van der Waals surface area contributed by atoms with Crippen LogP contribution in [0.25, 0.3) is 0 Å². The molecule has 0 aromatic heterocycles. The molecule has 0 aliphatic carbocycles. The summed E-state index contributed by atoms with van der Waals surface area (Å²) in [4.78, 5) is 11.6. The minimum Gasteiger partial charge on any atom is -0.392 e. The first-order valence-corrected chi connectivity index (χ1v) is 5.98. The lowest BCUT2D eigenvalue weighted by atomic mass is 10.1. The average Bonchev–Trinajstić information content (AvgIpc) is 2.42. The van der Waals surface area contributed by atoms with E-state index in [9.17, 15) is 4.79 Å². The first-order chi connectivity index (χ1) is 8.67. The monoisotopic (exact) mass is 248 g/mol. The van der Waals surface area contributed by atoms with Gasteiger partial charge in [-0.25, -0.2) is 0 Å². The van der Waals surface area contributed by atoms with Crippen molar-refractivity contribution in [1.29, 1.82) is 0 Å². The van der Waals surface area contributed by atoms with Gasteiger partial charge in [0.15, 0.2) is 0 Å². The van der Waals surface area contributed by atoms with Gasteiger partial charge in [0.1, 0.15) is 0 Å². The van der Waals surface area contributed by atoms with Crippen LogP contribution < -0.4 is 10.6 Å². The fraction of sp³-hybridized carbons (Fsp3) is 0.357. The van der Waals surface area contributed by atoms with Crippen LogP contribution in [0.15, 0.2) is 36.9 Å². The molecule has 1 aromatic rings. The Morgan fingerprint density at radius 2 is 2.00 bits per heavy atom. The Hall–Kier alpha value is -1.65. The molecule has 18 heavy (non-hydrogen) atoms. The maximum Gasteiger partial charge on any atom is 0.237 e. The number of benzene rings is 1. The Kier molecular flexibility index (Phi) is 6.11. The molecule has 4 nitrogen and oxygen atoms in total. The summed E-state index contributed by atoms with van der Waals surface area (Å²) in [5.74, 6) is -0.0399. The van der Waals surface area contributed by atoms with Crippen molar-refractivity contribution in [1.82, 2.24) is 10.6 Å². The van der Waals surface area contributed by atoms with E-state index in [0.29, 0.717) is 13.1 Å². The quantitative estimate of drug-likeness (QED) is 0.630. The van der Waals surface area contributed by atoms with Gasteiger partial charge in [0.05, 0.1) is 12.6 Å². The molecule has 0 saturated heterocycles. The summed E-state index contributed by atoms with van der Waals surface area (Å²) < 4.78 is 0. The minimum absolute atomic E-state index is 0.0399. The lowest BCUT2D eigenvalue weighted by Crippen LogP contribution is -2.41. The summed E-state index contributed by atoms with van der Waals surface area (Å²) in [5.41, 5.74) is 1.96. The number of carbonyl (C=O) groups excluding carboxylic acids is 1. The number of nitrogens with one attached hydrogen (secondary N) is 2. The summed E-state index contributed by atoms with van der Waals surface area (Å²) in [6.45, 7) is 6.52. The smallest absolute Gasteiger partial charge is 0.237 e. The Morgan fingerprint density at radius 3 is 2.56 bits per heavy atom. The highest BCUT2D eigenvalue weighted by atomic mass is 16.3. The Balaban J connectivity index is 2.39. The lowest BCUT2D eigenvalue weighted by Gasteiger charge is -2.13. The molecule has 3 N–H and O–H groups in total. The van der Waals surface area contributed by atoms with E-state index in [1.807, 2.05) is 31.2 Å². The van der Waals surface area contributed by atoms with E-state index in [1.54, 1.807) is 6.08 Å². The Bertz CT molecular complexity index is 387. The van der Waals surface area contributed by atoms with Crippen molar-refractivity contribution in [2.24, 2.45) is 0 Å². The molecular formula is C14H20N2O2. The van der Waals surface area contributed by atoms with Crippen molar-refractivity contribution in [2.75, 3.05) is 6.54 Å². The van der Waals surface area contributed by atoms with Crippen molar-refractivity contribution in [3.05, 3.63) is 48.0 Å². The molecule has 0 fully saturated rings. The standard InChI is InChI=1S/C14H20N2O2/c1-3-8-15-14(18)11(2)16-9-12-4-6-13(10-17)7-5-12/h3-7,11,16-17H,1,8-10H2,2H3,(H,15,18). The van der Waals surface area contributed by atoms with Gasteiger partial charge in [-0.3, -0.25) is 4.79 Å². The molecule has 1 amide bonds. The first kappa shape index (κ1) is 14.4. The summed E-state index contributed by atoms with van der Waals surface area (Å²) in [7, 11) is 0. The SMILES string of the molecule is C=CCNC(=O)C(C)NCc1ccc(CO)cc1. The van der Waals surface area contributed by atoms with Crippen LogP contribution in [0.3, 0.4) is 0 Å². The third-order valence-electron chi connectivity index (χ3n) is 2.63. The van der Waals surface area contributed by atoms with Gasteiger partial charge in [0.25, 0.3) is 0 Å². The fourth-order valence-electron chi connectivity index (χ4n) is 1.45. The molecule has 98 valence electrons. The second-order valence-corrected chi connectivity index (χ2v) is 4.11. The molecule has 0 radical (unpaired) electrons. The van der Waals surface area contributed by atoms with Gasteiger partial charge in [-0.05, 0) is 18.1 Å². The normalized spacial score (nSPS) is 11.9. The molecule has 1 atom stereocenters. The molecule has 0 aliphatic rings. The topological polar surface area (TPSA) is 61.4 Å². The van der Waals surface area contributed by atoms with Crippen LogP contribution in [0.4, 0.5) is 0 Å². The lowest BCUT2D eigenvalue weighted by molar-refractivity contribution is -0.122. The first-order valence-electron chi connectivity index (χ1n) is 5.98. The predicted octanol–water partition coefficient (Wildman–Crippen LogP) is 0.959. The number of hydrogen-bond acceptors (Lipinski definition) is 3. The van der Waals surface area contributed by atoms with Crippen molar-refractivity contribution in [3.8, 4) is 0 Å². The number of hydrogen-bond donors (Lipinski definition) is 3. The van der Waals surface area contributed by atoms with Crippen LogP contribution in [0, 0.1) is 0 Å². The molecular weight excluding hydrogens is 228 g/mol. The Morgan fingerprint density at radius 1 is 1.39 bits per heavy atom. The van der Waals surface area contributed by atoms with Crippen LogP contribution in [0.1, 0.15) is 18.1 Å². The van der Waals surface area contributed by atoms with Crippen LogP contribution >= 0.6 is 0 Å². The summed E-state index contributed by atoms with van der Waals surface area (Å²) >= 11 is 0. The van der Waals surface area contributed by atoms with E-state index in [1.165, 1.54) is 0 Å². The summed E-state index contributed by atoms with van der Waals surface area (Å²) in [6.07, 6.45) is 1.65. The van der Waals surface area contributed by atoms with Crippen molar-refractivity contribution < 1.29 is 9.90 Å². The highest BCUT2D eigenvalue weighted by molar-refractivity contribution is 5.81. The van der Waals surface area contributed by atoms with Gasteiger partial charge in [0, 0.05) is 13.1 Å². The van der Waals surface area contributed by atoms with Gasteiger partial charge in [0.2, 0.25) is 5.91 Å². The molecule has 0 spiro atoms. The highest BCUT2D eigenvalue weighted by Crippen LogP contribution is 2.04. The second-order valence-electron chi connectivity index (χ2n) is 4.11. The maximum atomic E-state index is 11.6. The summed E-state index contributed by atoms with van der Waals surface area (Å²) in [6, 6.07) is 7.38. The van der Waals surface area contributed by atoms with E-state index in [-0.39, 0.29) is 18.6 Å². The van der Waals surface area contributed by atoms with Gasteiger partial charge in [-0.1, -0.05) is 30.3 Å². The fourth-order valence-corrected chi connectivity index (χ4v) is 1.45. The maximum absolute atomic E-state index is 11.6. The average molecular weight is 248 g/mol. The number of aliphatic hydroxyl groups excluding tert-OH is 1. The molecule has 0 bridgehead atoms. The van der Waals surface area contributed by atoms with E-state index >= 15 is 0 Å². The number of rotatable bonds is 7. The zero-order valence-electron chi connectivity index (χ0n) is 10.6. The minimum atomic E-state index is -0.248. The van der Waals surface area contributed by atoms with Crippen molar-refractivity contribution in [2.45, 2.75) is 26.1 Å². The molecule has 0 aliphatic heterocycles. The van der Waals surface area contributed by atoms with Crippen molar-refractivity contribution in [3.63, 3.8) is 0 Å². The summed E-state index contributed by atoms with van der Waals surface area (Å²) in [5, 5.41) is 14.8. The Labute approximate surface area is 108 Å². The van der Waals surface area contributed by atoms with E-state index < -0.39 is 0 Å². The molecule has 1 rings (SSSR count). The van der Waals surface area contributed by atoms with E-state index in [2.05, 4.69) is 17.2 Å². The highest BCUT2D eigenvalue weighted by Gasteiger charge is 2.10. The molecule has 1 aromatic carbocycles. The van der Waals surface area contributed by atoms with Crippen LogP contribution in [0.5, 0.6) is 0 Å². The molecule has 4 heteroatoms. The zero-order chi connectivity index (χ0) is 13.4. The number of aliphatic hydroxyl groups is 1. The molecule has 1 unspecified atom stereocenters. The van der Waals surface area contributed by atoms with Gasteiger partial charge < -0.3 is 15.7 Å².